The summed E-state index contributed by atoms with van der Waals surface area (Å²) in [5.41, 5.74) is 10.2. The molecule has 9 nitrogen and oxygen atoms in total. The van der Waals surface area contributed by atoms with E-state index in [0.717, 1.165) is 35.1 Å². The Labute approximate surface area is 259 Å². The summed E-state index contributed by atoms with van der Waals surface area (Å²) in [6.07, 6.45) is 2.53. The predicted octanol–water partition coefficient (Wildman–Crippen LogP) is 4.11. The van der Waals surface area contributed by atoms with Crippen molar-refractivity contribution in [2.24, 2.45) is 11.1 Å². The number of rotatable bonds is 9. The Morgan fingerprint density at radius 1 is 1.00 bits per heavy atom. The Bertz CT molecular complexity index is 1340. The highest BCUT2D eigenvalue weighted by atomic mass is 35.5. The van der Waals surface area contributed by atoms with Gasteiger partial charge >= 0.3 is 0 Å². The molecule has 0 aliphatic carbocycles. The molecule has 0 radical (unpaired) electrons. The zero-order valence-corrected chi connectivity index (χ0v) is 26.4. The van der Waals surface area contributed by atoms with E-state index in [1.54, 1.807) is 17.0 Å². The van der Waals surface area contributed by atoms with Crippen LogP contribution in [0.2, 0.25) is 5.02 Å². The number of amides is 4. The first-order valence-electron chi connectivity index (χ1n) is 15.1. The molecule has 1 saturated heterocycles. The molecule has 4 N–H and O–H groups in total. The van der Waals surface area contributed by atoms with Gasteiger partial charge in [0.05, 0.1) is 0 Å². The third kappa shape index (κ3) is 8.15. The minimum Gasteiger partial charge on any atom is -0.343 e. The lowest BCUT2D eigenvalue weighted by Crippen LogP contribution is -2.56. The number of benzene rings is 2. The molecular formula is C33H44ClN5O4. The molecule has 232 valence electrons. The normalized spacial score (nSPS) is 18.4. The Balaban J connectivity index is 1.46. The van der Waals surface area contributed by atoms with Crippen molar-refractivity contribution in [2.75, 3.05) is 25.0 Å². The number of hydrogen-bond donors (Lipinski definition) is 3. The van der Waals surface area contributed by atoms with E-state index in [-0.39, 0.29) is 49.6 Å². The van der Waals surface area contributed by atoms with E-state index >= 15 is 0 Å². The predicted molar refractivity (Wildman–Crippen MR) is 168 cm³/mol. The Kier molecular flexibility index (Phi) is 10.5. The van der Waals surface area contributed by atoms with Crippen LogP contribution in [-0.4, -0.2) is 65.1 Å². The molecule has 2 aromatic carbocycles. The first-order valence-corrected chi connectivity index (χ1v) is 15.5. The van der Waals surface area contributed by atoms with Crippen LogP contribution < -0.4 is 16.4 Å². The number of fused-ring (bicyclic) bond motifs is 1. The second-order valence-corrected chi connectivity index (χ2v) is 13.0. The summed E-state index contributed by atoms with van der Waals surface area (Å²) in [5.74, 6) is -1.12. The molecule has 0 unspecified atom stereocenters. The number of carbonyl (C=O) groups excluding carboxylic acids is 4. The van der Waals surface area contributed by atoms with E-state index in [4.69, 9.17) is 17.3 Å². The number of aryl methyl sites for hydroxylation is 2. The molecule has 2 aliphatic heterocycles. The Hall–Kier alpha value is -3.43. The van der Waals surface area contributed by atoms with E-state index in [0.29, 0.717) is 30.2 Å². The second-order valence-electron chi connectivity index (χ2n) is 12.6. The van der Waals surface area contributed by atoms with Crippen LogP contribution >= 0.6 is 11.6 Å². The Morgan fingerprint density at radius 3 is 2.23 bits per heavy atom. The lowest BCUT2D eigenvalue weighted by Gasteiger charge is -2.38. The van der Waals surface area contributed by atoms with Gasteiger partial charge < -0.3 is 26.2 Å². The minimum absolute atomic E-state index is 0.0205. The molecular weight excluding hydrogens is 566 g/mol. The van der Waals surface area contributed by atoms with Crippen molar-refractivity contribution in [1.29, 1.82) is 0 Å². The largest absolute Gasteiger partial charge is 0.343 e. The quantitative estimate of drug-likeness (QED) is 0.395. The van der Waals surface area contributed by atoms with E-state index < -0.39 is 23.9 Å². The van der Waals surface area contributed by atoms with Gasteiger partial charge in [0.1, 0.15) is 12.1 Å². The van der Waals surface area contributed by atoms with Gasteiger partial charge in [0, 0.05) is 49.6 Å². The highest BCUT2D eigenvalue weighted by molar-refractivity contribution is 6.32. The van der Waals surface area contributed by atoms with Gasteiger partial charge in [-0.2, -0.15) is 0 Å². The van der Waals surface area contributed by atoms with Crippen LogP contribution in [0, 0.1) is 19.3 Å². The third-order valence-corrected chi connectivity index (χ3v) is 9.28. The van der Waals surface area contributed by atoms with E-state index in [1.807, 2.05) is 43.0 Å². The van der Waals surface area contributed by atoms with Crippen molar-refractivity contribution < 1.29 is 19.2 Å². The highest BCUT2D eigenvalue weighted by Crippen LogP contribution is 2.30. The zero-order valence-electron chi connectivity index (χ0n) is 25.7. The number of piperidine rings is 1. The van der Waals surface area contributed by atoms with Crippen molar-refractivity contribution in [2.45, 2.75) is 84.8 Å². The maximum Gasteiger partial charge on any atom is 0.246 e. The monoisotopic (exact) mass is 609 g/mol. The number of carbonyl (C=O) groups is 4. The van der Waals surface area contributed by atoms with Crippen LogP contribution in [0.15, 0.2) is 36.4 Å². The average Bonchev–Trinajstić information content (AvgIpc) is 2.97. The van der Waals surface area contributed by atoms with Crippen LogP contribution in [0.4, 0.5) is 5.69 Å². The smallest absolute Gasteiger partial charge is 0.246 e. The molecule has 2 aromatic rings. The summed E-state index contributed by atoms with van der Waals surface area (Å²) >= 11 is 6.28. The van der Waals surface area contributed by atoms with E-state index in [9.17, 15) is 19.2 Å². The maximum absolute atomic E-state index is 13.7. The average molecular weight is 610 g/mol. The zero-order chi connectivity index (χ0) is 31.3. The summed E-state index contributed by atoms with van der Waals surface area (Å²) in [5, 5.41) is 6.37. The van der Waals surface area contributed by atoms with Gasteiger partial charge in [-0.25, -0.2) is 0 Å². The topological polar surface area (TPSA) is 125 Å². The molecule has 0 saturated carbocycles. The summed E-state index contributed by atoms with van der Waals surface area (Å²) < 4.78 is 0. The van der Waals surface area contributed by atoms with Crippen LogP contribution in [0.5, 0.6) is 0 Å². The Morgan fingerprint density at radius 2 is 1.60 bits per heavy atom. The van der Waals surface area contributed by atoms with Gasteiger partial charge in [0.15, 0.2) is 0 Å². The van der Waals surface area contributed by atoms with Crippen molar-refractivity contribution in [3.63, 3.8) is 0 Å². The second kappa shape index (κ2) is 13.9. The molecule has 2 atom stereocenters. The molecule has 43 heavy (non-hydrogen) atoms. The summed E-state index contributed by atoms with van der Waals surface area (Å²) in [4.78, 5) is 56.9. The molecule has 4 rings (SSSR count). The van der Waals surface area contributed by atoms with Gasteiger partial charge in [-0.1, -0.05) is 49.7 Å². The first kappa shape index (κ1) is 32.5. The highest BCUT2D eigenvalue weighted by Gasteiger charge is 2.36. The fraction of sp³-hybridized carbons (Fsp3) is 0.515. The molecule has 10 heteroatoms. The number of halogens is 1. The van der Waals surface area contributed by atoms with Gasteiger partial charge in [-0.3, -0.25) is 19.2 Å². The number of hydrogen-bond acceptors (Lipinski definition) is 5. The number of nitrogens with two attached hydrogens (primary N) is 1. The van der Waals surface area contributed by atoms with Crippen molar-refractivity contribution in [1.82, 2.24) is 15.1 Å². The number of nitrogens with one attached hydrogen (secondary N) is 2. The third-order valence-electron chi connectivity index (χ3n) is 8.69. The standard InChI is InChI=1S/C33H44ClN5O4/c1-21-17-25(18-22(2)30(21)34)36-31(42)26(11-14-35)37-32(43)27-19-23-7-5-6-8-24(23)20-39(27)29(41)10-9-28(40)38-15-12-33(3,4)13-16-38/h5-8,17-18,26-27H,9-16,19-20,35H2,1-4H3,(H,36,42)(H,37,43)/t26-,27-/m0/s1. The summed E-state index contributed by atoms with van der Waals surface area (Å²) in [6, 6.07) is 9.56. The fourth-order valence-electron chi connectivity index (χ4n) is 5.85. The molecule has 0 spiro atoms. The lowest BCUT2D eigenvalue weighted by atomic mass is 9.82. The van der Waals surface area contributed by atoms with Crippen molar-refractivity contribution in [3.8, 4) is 0 Å². The lowest BCUT2D eigenvalue weighted by molar-refractivity contribution is -0.144. The number of likely N-dealkylation sites (tertiary alicyclic amines) is 1. The minimum atomic E-state index is -0.896. The van der Waals surface area contributed by atoms with Crippen LogP contribution in [0.3, 0.4) is 0 Å². The molecule has 2 aliphatic rings. The molecule has 2 heterocycles. The van der Waals surface area contributed by atoms with E-state index in [1.165, 1.54) is 0 Å². The maximum atomic E-state index is 13.7. The van der Waals surface area contributed by atoms with Crippen LogP contribution in [0.1, 0.15) is 68.2 Å². The van der Waals surface area contributed by atoms with Crippen molar-refractivity contribution in [3.05, 3.63) is 63.7 Å². The molecule has 1 fully saturated rings. The van der Waals surface area contributed by atoms with Gasteiger partial charge in [-0.15, -0.1) is 0 Å². The SMILES string of the molecule is Cc1cc(NC(=O)[C@H](CCN)NC(=O)[C@@H]2Cc3ccccc3CN2C(=O)CCC(=O)N2CCC(C)(C)CC2)cc(C)c1Cl. The van der Waals surface area contributed by atoms with Crippen molar-refractivity contribution >= 4 is 40.9 Å². The number of anilines is 1. The first-order chi connectivity index (χ1) is 20.4. The summed E-state index contributed by atoms with van der Waals surface area (Å²) in [7, 11) is 0. The van der Waals surface area contributed by atoms with Gasteiger partial charge in [-0.05, 0) is 79.5 Å². The molecule has 4 amide bonds. The number of nitrogens with zero attached hydrogens (tertiary/aromatic N) is 2. The van der Waals surface area contributed by atoms with Crippen LogP contribution in [-0.2, 0) is 32.1 Å². The van der Waals surface area contributed by atoms with Gasteiger partial charge in [0.25, 0.3) is 0 Å². The fourth-order valence-corrected chi connectivity index (χ4v) is 5.96. The summed E-state index contributed by atoms with van der Waals surface area (Å²) in [6.45, 7) is 9.97. The molecule has 0 aromatic heterocycles. The van der Waals surface area contributed by atoms with Gasteiger partial charge in [0.2, 0.25) is 23.6 Å². The molecule has 0 bridgehead atoms. The van der Waals surface area contributed by atoms with E-state index in [2.05, 4.69) is 24.5 Å². The van der Waals surface area contributed by atoms with Crippen LogP contribution in [0.25, 0.3) is 0 Å².